The van der Waals surface area contributed by atoms with Crippen molar-refractivity contribution in [3.8, 4) is 5.75 Å². The molecule has 0 saturated carbocycles. The highest BCUT2D eigenvalue weighted by atomic mass is 19.4. The zero-order chi connectivity index (χ0) is 31.5. The molecular formula is C30H45F9O2. The molecule has 41 heavy (non-hydrogen) atoms. The molecule has 0 radical (unpaired) electrons. The zero-order valence-corrected chi connectivity index (χ0v) is 24.6. The van der Waals surface area contributed by atoms with E-state index in [0.29, 0.717) is 18.4 Å². The molecule has 0 amide bonds. The summed E-state index contributed by atoms with van der Waals surface area (Å²) in [7, 11) is 0. The van der Waals surface area contributed by atoms with E-state index in [1.807, 2.05) is 6.92 Å². The van der Waals surface area contributed by atoms with Crippen LogP contribution in [-0.2, 0) is 11.3 Å². The molecule has 0 spiro atoms. The molecule has 0 aromatic heterocycles. The van der Waals surface area contributed by atoms with Crippen LogP contribution in [0.1, 0.15) is 98.0 Å². The van der Waals surface area contributed by atoms with Crippen LogP contribution < -0.4 is 4.74 Å². The van der Waals surface area contributed by atoms with Gasteiger partial charge in [-0.15, -0.1) is 0 Å². The minimum Gasteiger partial charge on any atom is -0.494 e. The van der Waals surface area contributed by atoms with E-state index >= 15 is 0 Å². The van der Waals surface area contributed by atoms with Crippen LogP contribution in [0.25, 0.3) is 0 Å². The summed E-state index contributed by atoms with van der Waals surface area (Å²) in [6.07, 6.45) is -1.14. The first-order valence-corrected chi connectivity index (χ1v) is 14.4. The van der Waals surface area contributed by atoms with Gasteiger partial charge in [0, 0.05) is 6.42 Å². The van der Waals surface area contributed by atoms with Crippen LogP contribution in [0.2, 0.25) is 0 Å². The van der Waals surface area contributed by atoms with Gasteiger partial charge in [-0.2, -0.15) is 39.5 Å². The SMILES string of the molecule is CC[C@@H](C)CCC[C@@H](C)CCC[C@H](C)[C@H](C)OCc1ccc(OCCCC(F)(F)C(F)(F)C(F)(F)C(F)(F)F)cc1. The fourth-order valence-electron chi connectivity index (χ4n) is 4.31. The third-order valence-electron chi connectivity index (χ3n) is 7.80. The van der Waals surface area contributed by atoms with Gasteiger partial charge in [0.2, 0.25) is 0 Å². The van der Waals surface area contributed by atoms with E-state index < -0.39 is 43.4 Å². The summed E-state index contributed by atoms with van der Waals surface area (Å²) in [5, 5.41) is 0. The number of rotatable bonds is 20. The molecule has 1 aromatic rings. The van der Waals surface area contributed by atoms with Crippen LogP contribution >= 0.6 is 0 Å². The van der Waals surface area contributed by atoms with E-state index in [1.165, 1.54) is 44.2 Å². The molecule has 1 rings (SSSR count). The largest absolute Gasteiger partial charge is 0.494 e. The summed E-state index contributed by atoms with van der Waals surface area (Å²) < 4.78 is 127. The van der Waals surface area contributed by atoms with Gasteiger partial charge in [-0.1, -0.05) is 78.4 Å². The van der Waals surface area contributed by atoms with Crippen LogP contribution in [0.5, 0.6) is 5.75 Å². The van der Waals surface area contributed by atoms with Gasteiger partial charge in [-0.05, 0) is 55.2 Å². The molecule has 0 aliphatic carbocycles. The van der Waals surface area contributed by atoms with Gasteiger partial charge in [0.1, 0.15) is 5.75 Å². The van der Waals surface area contributed by atoms with Gasteiger partial charge >= 0.3 is 23.9 Å². The maximum atomic E-state index is 13.6. The maximum Gasteiger partial charge on any atom is 0.460 e. The molecule has 0 fully saturated rings. The van der Waals surface area contributed by atoms with E-state index in [2.05, 4.69) is 27.7 Å². The second-order valence-electron chi connectivity index (χ2n) is 11.4. The quantitative estimate of drug-likeness (QED) is 0.108. The number of hydrogen-bond acceptors (Lipinski definition) is 2. The van der Waals surface area contributed by atoms with Crippen molar-refractivity contribution in [2.75, 3.05) is 6.61 Å². The van der Waals surface area contributed by atoms with Crippen molar-refractivity contribution in [2.45, 2.75) is 129 Å². The van der Waals surface area contributed by atoms with Crippen molar-refractivity contribution in [3.63, 3.8) is 0 Å². The summed E-state index contributed by atoms with van der Waals surface area (Å²) >= 11 is 0. The van der Waals surface area contributed by atoms with Crippen molar-refractivity contribution >= 4 is 0 Å². The lowest BCUT2D eigenvalue weighted by molar-refractivity contribution is -0.396. The van der Waals surface area contributed by atoms with Crippen LogP contribution in [0.15, 0.2) is 24.3 Å². The van der Waals surface area contributed by atoms with E-state index in [9.17, 15) is 39.5 Å². The average molecular weight is 609 g/mol. The lowest BCUT2D eigenvalue weighted by atomic mass is 9.91. The Kier molecular flexibility index (Phi) is 14.8. The minimum atomic E-state index is -6.87. The fourth-order valence-corrected chi connectivity index (χ4v) is 4.31. The Morgan fingerprint density at radius 2 is 1.22 bits per heavy atom. The lowest BCUT2D eigenvalue weighted by Gasteiger charge is -2.33. The highest BCUT2D eigenvalue weighted by molar-refractivity contribution is 5.26. The monoisotopic (exact) mass is 608 g/mol. The third-order valence-corrected chi connectivity index (χ3v) is 7.80. The van der Waals surface area contributed by atoms with Gasteiger partial charge in [-0.25, -0.2) is 0 Å². The van der Waals surface area contributed by atoms with E-state index in [-0.39, 0.29) is 11.9 Å². The van der Waals surface area contributed by atoms with Gasteiger partial charge in [-0.3, -0.25) is 0 Å². The normalized spacial score (nSPS) is 16.3. The highest BCUT2D eigenvalue weighted by Gasteiger charge is 2.81. The van der Waals surface area contributed by atoms with Gasteiger partial charge in [0.05, 0.1) is 19.3 Å². The fraction of sp³-hybridized carbons (Fsp3) is 0.800. The van der Waals surface area contributed by atoms with Crippen molar-refractivity contribution in [2.24, 2.45) is 17.8 Å². The molecule has 0 aliphatic heterocycles. The van der Waals surface area contributed by atoms with Crippen molar-refractivity contribution in [1.29, 1.82) is 0 Å². The Morgan fingerprint density at radius 3 is 1.76 bits per heavy atom. The molecule has 0 saturated heterocycles. The standard InChI is InChI=1S/C30H45F9O2/c1-6-21(2)10-7-11-22(3)12-8-13-23(4)24(5)41-20-25-14-16-26(17-15-25)40-19-9-18-27(31,32)28(33,34)29(35,36)30(37,38)39/h14-17,21-24H,6-13,18-20H2,1-5H3/t21-,22-,23+,24+/m1/s1. The molecule has 240 valence electrons. The van der Waals surface area contributed by atoms with Crippen LogP contribution in [0.3, 0.4) is 0 Å². The first-order valence-electron chi connectivity index (χ1n) is 14.4. The van der Waals surface area contributed by atoms with Crippen LogP contribution in [-0.4, -0.2) is 36.7 Å². The van der Waals surface area contributed by atoms with Crippen LogP contribution in [0.4, 0.5) is 39.5 Å². The zero-order valence-electron chi connectivity index (χ0n) is 24.6. The Bertz CT molecular complexity index is 857. The summed E-state index contributed by atoms with van der Waals surface area (Å²) in [6.45, 7) is 10.7. The Hall–Kier alpha value is -1.65. The van der Waals surface area contributed by atoms with Gasteiger partial charge in [0.15, 0.2) is 0 Å². The summed E-state index contributed by atoms with van der Waals surface area (Å²) in [5.41, 5.74) is 0.812. The van der Waals surface area contributed by atoms with Crippen molar-refractivity contribution < 1.29 is 49.0 Å². The molecule has 0 heterocycles. The Balaban J connectivity index is 2.38. The summed E-state index contributed by atoms with van der Waals surface area (Å²) in [6, 6.07) is 6.33. The predicted molar refractivity (Wildman–Crippen MR) is 142 cm³/mol. The molecule has 0 aliphatic rings. The number of halogens is 9. The molecule has 0 bridgehead atoms. The molecule has 1 aromatic carbocycles. The third kappa shape index (κ3) is 11.5. The van der Waals surface area contributed by atoms with Gasteiger partial charge in [0.25, 0.3) is 0 Å². The first kappa shape index (κ1) is 37.4. The van der Waals surface area contributed by atoms with E-state index in [4.69, 9.17) is 9.47 Å². The first-order chi connectivity index (χ1) is 18.9. The highest BCUT2D eigenvalue weighted by Crippen LogP contribution is 2.54. The maximum absolute atomic E-state index is 13.6. The number of benzene rings is 1. The molecule has 4 atom stereocenters. The van der Waals surface area contributed by atoms with Crippen LogP contribution in [0, 0.1) is 17.8 Å². The minimum absolute atomic E-state index is 0.0242. The Morgan fingerprint density at radius 1 is 0.683 bits per heavy atom. The molecule has 2 nitrogen and oxygen atoms in total. The van der Waals surface area contributed by atoms with E-state index in [1.54, 1.807) is 12.1 Å². The second kappa shape index (κ2) is 16.3. The molecule has 0 N–H and O–H groups in total. The molecule has 0 unspecified atom stereocenters. The molecule has 11 heteroatoms. The van der Waals surface area contributed by atoms with Gasteiger partial charge < -0.3 is 9.47 Å². The number of ether oxygens (including phenoxy) is 2. The lowest BCUT2D eigenvalue weighted by Crippen LogP contribution is -2.60. The Labute approximate surface area is 238 Å². The molecular weight excluding hydrogens is 563 g/mol. The number of hydrogen-bond donors (Lipinski definition) is 0. The smallest absolute Gasteiger partial charge is 0.460 e. The average Bonchev–Trinajstić information content (AvgIpc) is 2.89. The van der Waals surface area contributed by atoms with Crippen molar-refractivity contribution in [3.05, 3.63) is 29.8 Å². The van der Waals surface area contributed by atoms with Crippen molar-refractivity contribution in [1.82, 2.24) is 0 Å². The van der Waals surface area contributed by atoms with E-state index in [0.717, 1.165) is 24.3 Å². The summed E-state index contributed by atoms with van der Waals surface area (Å²) in [5.74, 6) is -17.0. The summed E-state index contributed by atoms with van der Waals surface area (Å²) in [4.78, 5) is 0. The predicted octanol–water partition coefficient (Wildman–Crippen LogP) is 10.9. The topological polar surface area (TPSA) is 18.5 Å². The second-order valence-corrected chi connectivity index (χ2v) is 11.4. The number of alkyl halides is 9.